The Balaban J connectivity index is 2.36. The summed E-state index contributed by atoms with van der Waals surface area (Å²) in [6.07, 6.45) is 0.338. The van der Waals surface area contributed by atoms with Crippen molar-refractivity contribution in [3.63, 3.8) is 0 Å². The van der Waals surface area contributed by atoms with Gasteiger partial charge >= 0.3 is 5.69 Å². The molecule has 2 aromatic rings. The van der Waals surface area contributed by atoms with E-state index >= 15 is 0 Å². The number of hydrogen-bond donors (Lipinski definition) is 2. The molecule has 0 bridgehead atoms. The molecule has 0 fully saturated rings. The molecule has 2 N–H and O–H groups in total. The highest BCUT2D eigenvalue weighted by Crippen LogP contribution is 2.16. The van der Waals surface area contributed by atoms with E-state index in [1.807, 2.05) is 13.8 Å². The molecule has 0 unspecified atom stereocenters. The summed E-state index contributed by atoms with van der Waals surface area (Å²) < 4.78 is 0.941. The molecule has 0 aliphatic carbocycles. The fraction of sp³-hybridized carbons (Fsp3) is 0.444. The van der Waals surface area contributed by atoms with Gasteiger partial charge in [-0.1, -0.05) is 26.0 Å². The Labute approximate surface area is 149 Å². The van der Waals surface area contributed by atoms with E-state index in [1.165, 1.54) is 0 Å². The summed E-state index contributed by atoms with van der Waals surface area (Å²) in [5.41, 5.74) is -0.763. The van der Waals surface area contributed by atoms with Crippen molar-refractivity contribution in [2.75, 3.05) is 6.54 Å². The van der Waals surface area contributed by atoms with E-state index in [0.29, 0.717) is 17.3 Å². The zero-order valence-corrected chi connectivity index (χ0v) is 14.8. The lowest BCUT2D eigenvalue weighted by Gasteiger charge is -2.20. The van der Waals surface area contributed by atoms with Crippen LogP contribution < -0.4 is 21.7 Å². The van der Waals surface area contributed by atoms with Gasteiger partial charge in [0.05, 0.1) is 10.9 Å². The molecule has 1 aromatic heterocycles. The van der Waals surface area contributed by atoms with Crippen molar-refractivity contribution in [1.29, 1.82) is 0 Å². The molecular formula is C18H22N3O5-. The minimum atomic E-state index is -1.19. The first-order chi connectivity index (χ1) is 12.3. The Hall–Kier alpha value is -2.90. The van der Waals surface area contributed by atoms with Gasteiger partial charge in [-0.2, -0.15) is 0 Å². The number of nitrogens with one attached hydrogen (secondary N) is 2. The van der Waals surface area contributed by atoms with Crippen LogP contribution in [0, 0.1) is 5.92 Å². The van der Waals surface area contributed by atoms with Crippen molar-refractivity contribution in [2.45, 2.75) is 39.2 Å². The molecule has 1 heterocycles. The highest BCUT2D eigenvalue weighted by molar-refractivity contribution is 5.81. The van der Waals surface area contributed by atoms with E-state index in [9.17, 15) is 24.3 Å². The van der Waals surface area contributed by atoms with Crippen LogP contribution in [0.4, 0.5) is 0 Å². The van der Waals surface area contributed by atoms with Gasteiger partial charge in [-0.15, -0.1) is 0 Å². The van der Waals surface area contributed by atoms with Crippen LogP contribution in [-0.2, 0) is 9.59 Å². The molecule has 0 aliphatic rings. The molecule has 8 heteroatoms. The number of nitrogens with zero attached hydrogens (tertiary/aromatic N) is 1. The first-order valence-corrected chi connectivity index (χ1v) is 8.52. The van der Waals surface area contributed by atoms with Gasteiger partial charge in [-0.3, -0.25) is 9.59 Å². The number of carboxylic acid groups (broad SMARTS) is 1. The van der Waals surface area contributed by atoms with Gasteiger partial charge in [0.15, 0.2) is 0 Å². The number of rotatable bonds is 8. The number of benzene rings is 1. The number of para-hydroxylation sites is 1. The topological polar surface area (TPSA) is 124 Å². The standard InChI is InChI=1S/C18H23N3O5/c1-11(2)10-14(16(24)19-9-5-8-15(22)23)21-17(25)12-6-3-4-7-13(12)20-18(21)26/h3-4,6-7,11,14H,5,8-10H2,1-2H3,(H,19,24)(H,20,26)(H,22,23)/p-1/t14-/m1/s1. The number of hydrogen-bond acceptors (Lipinski definition) is 5. The van der Waals surface area contributed by atoms with E-state index in [-0.39, 0.29) is 25.3 Å². The van der Waals surface area contributed by atoms with Gasteiger partial charge in [-0.25, -0.2) is 9.36 Å². The van der Waals surface area contributed by atoms with Gasteiger partial charge in [0.2, 0.25) is 5.91 Å². The SMILES string of the molecule is CC(C)C[C@H](C(=O)NCCCC(=O)[O-])n1c(=O)[nH]c2ccccc2c1=O. The quantitative estimate of drug-likeness (QED) is 0.637. The van der Waals surface area contributed by atoms with Crippen molar-refractivity contribution in [1.82, 2.24) is 14.9 Å². The van der Waals surface area contributed by atoms with E-state index in [0.717, 1.165) is 4.57 Å². The van der Waals surface area contributed by atoms with Crippen molar-refractivity contribution < 1.29 is 14.7 Å². The smallest absolute Gasteiger partial charge is 0.329 e. The van der Waals surface area contributed by atoms with Crippen LogP contribution in [0.3, 0.4) is 0 Å². The lowest BCUT2D eigenvalue weighted by molar-refractivity contribution is -0.305. The molecule has 8 nitrogen and oxygen atoms in total. The Morgan fingerprint density at radius 2 is 1.92 bits per heavy atom. The summed E-state index contributed by atoms with van der Waals surface area (Å²) in [5, 5.41) is 13.4. The maximum Gasteiger partial charge on any atom is 0.329 e. The number of amides is 1. The number of carboxylic acids is 1. The number of aromatic amines is 1. The summed E-state index contributed by atoms with van der Waals surface area (Å²) in [7, 11) is 0. The third kappa shape index (κ3) is 4.59. The highest BCUT2D eigenvalue weighted by atomic mass is 16.4. The third-order valence-corrected chi connectivity index (χ3v) is 4.00. The van der Waals surface area contributed by atoms with Gasteiger partial charge in [-0.05, 0) is 37.3 Å². The van der Waals surface area contributed by atoms with E-state index in [4.69, 9.17) is 0 Å². The van der Waals surface area contributed by atoms with E-state index in [2.05, 4.69) is 10.3 Å². The number of H-pyrrole nitrogens is 1. The average Bonchev–Trinajstić information content (AvgIpc) is 2.57. The fourth-order valence-corrected chi connectivity index (χ4v) is 2.80. The molecular weight excluding hydrogens is 338 g/mol. The maximum atomic E-state index is 12.8. The monoisotopic (exact) mass is 360 g/mol. The number of carbonyl (C=O) groups excluding carboxylic acids is 2. The normalized spacial score (nSPS) is 12.3. The summed E-state index contributed by atoms with van der Waals surface area (Å²) >= 11 is 0. The maximum absolute atomic E-state index is 12.8. The second-order valence-electron chi connectivity index (χ2n) is 6.56. The van der Waals surface area contributed by atoms with Gasteiger partial charge in [0, 0.05) is 12.5 Å². The minimum absolute atomic E-state index is 0.0618. The van der Waals surface area contributed by atoms with Crippen LogP contribution in [-0.4, -0.2) is 28.0 Å². The molecule has 0 spiro atoms. The number of fused-ring (bicyclic) bond motifs is 1. The molecule has 0 saturated heterocycles. The van der Waals surface area contributed by atoms with Crippen LogP contribution in [0.25, 0.3) is 10.9 Å². The molecule has 0 radical (unpaired) electrons. The summed E-state index contributed by atoms with van der Waals surface area (Å²) in [6, 6.07) is 5.63. The molecule has 140 valence electrons. The largest absolute Gasteiger partial charge is 0.550 e. The fourth-order valence-electron chi connectivity index (χ4n) is 2.80. The van der Waals surface area contributed by atoms with Gasteiger partial charge in [0.25, 0.3) is 5.56 Å². The molecule has 1 amide bonds. The highest BCUT2D eigenvalue weighted by Gasteiger charge is 2.25. The van der Waals surface area contributed by atoms with E-state index < -0.39 is 29.2 Å². The number of aliphatic carboxylic acids is 1. The second kappa shape index (κ2) is 8.46. The lowest BCUT2D eigenvalue weighted by atomic mass is 10.0. The zero-order valence-electron chi connectivity index (χ0n) is 14.8. The number of carbonyl (C=O) groups is 2. The van der Waals surface area contributed by atoms with Crippen LogP contribution >= 0.6 is 0 Å². The Kier molecular flexibility index (Phi) is 6.32. The third-order valence-electron chi connectivity index (χ3n) is 4.00. The first-order valence-electron chi connectivity index (χ1n) is 8.52. The van der Waals surface area contributed by atoms with Crippen LogP contribution in [0.5, 0.6) is 0 Å². The van der Waals surface area contributed by atoms with Gasteiger partial charge < -0.3 is 20.2 Å². The predicted octanol–water partition coefficient (Wildman–Crippen LogP) is -0.0767. The molecule has 1 atom stereocenters. The Morgan fingerprint density at radius 1 is 1.23 bits per heavy atom. The second-order valence-corrected chi connectivity index (χ2v) is 6.56. The van der Waals surface area contributed by atoms with Crippen molar-refractivity contribution in [3.05, 3.63) is 45.1 Å². The first kappa shape index (κ1) is 19.4. The van der Waals surface area contributed by atoms with Crippen LogP contribution in [0.15, 0.2) is 33.9 Å². The number of aromatic nitrogens is 2. The molecule has 0 aliphatic heterocycles. The molecule has 2 rings (SSSR count). The predicted molar refractivity (Wildman–Crippen MR) is 94.6 cm³/mol. The lowest BCUT2D eigenvalue weighted by Crippen LogP contribution is -2.45. The van der Waals surface area contributed by atoms with Crippen molar-refractivity contribution in [3.8, 4) is 0 Å². The van der Waals surface area contributed by atoms with Crippen molar-refractivity contribution in [2.24, 2.45) is 5.92 Å². The van der Waals surface area contributed by atoms with Crippen LogP contribution in [0.1, 0.15) is 39.2 Å². The molecule has 0 saturated carbocycles. The molecule has 26 heavy (non-hydrogen) atoms. The summed E-state index contributed by atoms with van der Waals surface area (Å²) in [5.74, 6) is -1.62. The average molecular weight is 360 g/mol. The summed E-state index contributed by atoms with van der Waals surface area (Å²) in [6.45, 7) is 3.90. The Bertz CT molecular complexity index is 913. The van der Waals surface area contributed by atoms with E-state index in [1.54, 1.807) is 24.3 Å². The summed E-state index contributed by atoms with van der Waals surface area (Å²) in [4.78, 5) is 50.9. The van der Waals surface area contributed by atoms with Crippen LogP contribution in [0.2, 0.25) is 0 Å². The zero-order chi connectivity index (χ0) is 19.3. The van der Waals surface area contributed by atoms with Crippen molar-refractivity contribution >= 4 is 22.8 Å². The van der Waals surface area contributed by atoms with Gasteiger partial charge in [0.1, 0.15) is 6.04 Å². The molecule has 1 aromatic carbocycles. The Morgan fingerprint density at radius 3 is 2.58 bits per heavy atom. The minimum Gasteiger partial charge on any atom is -0.550 e.